The van der Waals surface area contributed by atoms with E-state index in [1.165, 1.54) is 6.21 Å². The number of esters is 1. The highest BCUT2D eigenvalue weighted by Crippen LogP contribution is 2.33. The number of nitrogens with zero attached hydrogens (tertiary/aromatic N) is 1. The number of hydrogen-bond acceptors (Lipinski definition) is 6. The van der Waals surface area contributed by atoms with Crippen LogP contribution >= 0.6 is 22.6 Å². The molecule has 212 valence electrons. The average Bonchev–Trinajstić information content (AvgIpc) is 3.38. The lowest BCUT2D eigenvalue weighted by Gasteiger charge is -2.12. The summed E-state index contributed by atoms with van der Waals surface area (Å²) in [5.41, 5.74) is 6.39. The molecule has 42 heavy (non-hydrogen) atoms. The molecule has 8 nitrogen and oxygen atoms in total. The number of hydrazone groups is 1. The van der Waals surface area contributed by atoms with Crippen molar-refractivity contribution in [3.8, 4) is 28.4 Å². The smallest absolute Gasteiger partial charge is 0.343 e. The Morgan fingerprint density at radius 1 is 0.857 bits per heavy atom. The van der Waals surface area contributed by atoms with Gasteiger partial charge in [0.25, 0.3) is 5.91 Å². The maximum Gasteiger partial charge on any atom is 0.343 e. The number of fused-ring (bicyclic) bond motifs is 1. The molecule has 2 N–H and O–H groups in total. The van der Waals surface area contributed by atoms with Crippen LogP contribution in [0.25, 0.3) is 22.0 Å². The van der Waals surface area contributed by atoms with Crippen molar-refractivity contribution in [1.82, 2.24) is 10.4 Å². The van der Waals surface area contributed by atoms with E-state index in [4.69, 9.17) is 14.2 Å². The summed E-state index contributed by atoms with van der Waals surface area (Å²) in [5, 5.41) is 5.12. The third-order valence-corrected chi connectivity index (χ3v) is 6.99. The summed E-state index contributed by atoms with van der Waals surface area (Å²) < 4.78 is 18.0. The number of halogens is 1. The van der Waals surface area contributed by atoms with Crippen LogP contribution in [0.15, 0.2) is 96.1 Å². The van der Waals surface area contributed by atoms with E-state index in [-0.39, 0.29) is 5.75 Å². The number of carbonyl (C=O) groups is 2. The SMILES string of the molecule is CCOc1ccc(C(=O)Oc2ccccc2C=NNC(=O)c2[nH]c3ccc(I)cc3c2-c2ccccc2)cc1OCC. The van der Waals surface area contributed by atoms with Crippen LogP contribution in [0, 0.1) is 3.57 Å². The number of aromatic nitrogens is 1. The molecular formula is C33H28IN3O5. The Hall–Kier alpha value is -4.64. The lowest BCUT2D eigenvalue weighted by molar-refractivity contribution is 0.0733. The third-order valence-electron chi connectivity index (χ3n) is 6.32. The number of H-pyrrole nitrogens is 1. The van der Waals surface area contributed by atoms with E-state index in [1.807, 2.05) is 62.4 Å². The molecule has 0 saturated heterocycles. The third kappa shape index (κ3) is 6.46. The predicted octanol–water partition coefficient (Wildman–Crippen LogP) is 7.22. The van der Waals surface area contributed by atoms with E-state index in [0.29, 0.717) is 41.5 Å². The summed E-state index contributed by atoms with van der Waals surface area (Å²) >= 11 is 2.26. The molecule has 0 saturated carbocycles. The first kappa shape index (κ1) is 28.9. The molecule has 0 radical (unpaired) electrons. The van der Waals surface area contributed by atoms with Gasteiger partial charge in [-0.25, -0.2) is 10.2 Å². The molecule has 5 aromatic rings. The van der Waals surface area contributed by atoms with Gasteiger partial charge in [-0.3, -0.25) is 4.79 Å². The lowest BCUT2D eigenvalue weighted by atomic mass is 10.0. The minimum Gasteiger partial charge on any atom is -0.490 e. The molecule has 1 aromatic heterocycles. The zero-order chi connectivity index (χ0) is 29.5. The number of benzene rings is 4. The van der Waals surface area contributed by atoms with Crippen molar-refractivity contribution in [3.05, 3.63) is 111 Å². The summed E-state index contributed by atoms with van der Waals surface area (Å²) in [6, 6.07) is 27.6. The van der Waals surface area contributed by atoms with Gasteiger partial charge in [-0.2, -0.15) is 5.10 Å². The second-order valence-corrected chi connectivity index (χ2v) is 10.3. The summed E-state index contributed by atoms with van der Waals surface area (Å²) in [7, 11) is 0. The lowest BCUT2D eigenvalue weighted by Crippen LogP contribution is -2.19. The van der Waals surface area contributed by atoms with Crippen LogP contribution in [0.3, 0.4) is 0 Å². The zero-order valence-electron chi connectivity index (χ0n) is 23.0. The van der Waals surface area contributed by atoms with Crippen LogP contribution in [0.5, 0.6) is 17.2 Å². The fourth-order valence-electron chi connectivity index (χ4n) is 4.47. The van der Waals surface area contributed by atoms with Gasteiger partial charge >= 0.3 is 5.97 Å². The number of aromatic amines is 1. The molecule has 0 aliphatic carbocycles. The van der Waals surface area contributed by atoms with E-state index in [2.05, 4.69) is 38.1 Å². The van der Waals surface area contributed by atoms with Crippen LogP contribution < -0.4 is 19.6 Å². The van der Waals surface area contributed by atoms with Gasteiger partial charge in [-0.05, 0) is 90.5 Å². The number of carbonyl (C=O) groups excluding carboxylic acids is 2. The van der Waals surface area contributed by atoms with E-state index in [1.54, 1.807) is 42.5 Å². The maximum atomic E-state index is 13.3. The van der Waals surface area contributed by atoms with Gasteiger partial charge in [0.1, 0.15) is 11.4 Å². The van der Waals surface area contributed by atoms with Crippen molar-refractivity contribution >= 4 is 51.6 Å². The monoisotopic (exact) mass is 673 g/mol. The van der Waals surface area contributed by atoms with Crippen LogP contribution in [-0.2, 0) is 0 Å². The molecule has 1 heterocycles. The maximum absolute atomic E-state index is 13.3. The highest BCUT2D eigenvalue weighted by Gasteiger charge is 2.20. The van der Waals surface area contributed by atoms with Crippen molar-refractivity contribution in [2.24, 2.45) is 5.10 Å². The minimum atomic E-state index is -0.566. The average molecular weight is 674 g/mol. The first-order chi connectivity index (χ1) is 20.5. The normalized spacial score (nSPS) is 11.0. The quantitative estimate of drug-likeness (QED) is 0.0536. The number of hydrogen-bond donors (Lipinski definition) is 2. The number of nitrogens with one attached hydrogen (secondary N) is 2. The Labute approximate surface area is 256 Å². The summed E-state index contributed by atoms with van der Waals surface area (Å²) in [6.45, 7) is 4.63. The van der Waals surface area contributed by atoms with E-state index in [0.717, 1.165) is 25.6 Å². The molecule has 4 aromatic carbocycles. The van der Waals surface area contributed by atoms with Crippen LogP contribution in [0.2, 0.25) is 0 Å². The summed E-state index contributed by atoms with van der Waals surface area (Å²) in [4.78, 5) is 29.6. The van der Waals surface area contributed by atoms with Crippen LogP contribution in [0.4, 0.5) is 0 Å². The molecule has 0 aliphatic rings. The number of para-hydroxylation sites is 1. The molecule has 0 spiro atoms. The Balaban J connectivity index is 1.36. The largest absolute Gasteiger partial charge is 0.490 e. The summed E-state index contributed by atoms with van der Waals surface area (Å²) in [6.07, 6.45) is 1.44. The van der Waals surface area contributed by atoms with Gasteiger partial charge < -0.3 is 19.2 Å². The van der Waals surface area contributed by atoms with Gasteiger partial charge in [0.15, 0.2) is 11.5 Å². The Bertz CT molecular complexity index is 1760. The Kier molecular flexibility index (Phi) is 9.18. The van der Waals surface area contributed by atoms with Gasteiger partial charge in [0.2, 0.25) is 0 Å². The minimum absolute atomic E-state index is 0.289. The number of amides is 1. The van der Waals surface area contributed by atoms with Gasteiger partial charge in [0, 0.05) is 25.6 Å². The van der Waals surface area contributed by atoms with E-state index < -0.39 is 11.9 Å². The van der Waals surface area contributed by atoms with Gasteiger partial charge in [-0.1, -0.05) is 42.5 Å². The molecule has 0 aliphatic heterocycles. The highest BCUT2D eigenvalue weighted by atomic mass is 127. The Morgan fingerprint density at radius 2 is 1.60 bits per heavy atom. The zero-order valence-corrected chi connectivity index (χ0v) is 25.2. The van der Waals surface area contributed by atoms with Crippen LogP contribution in [-0.4, -0.2) is 36.3 Å². The first-order valence-corrected chi connectivity index (χ1v) is 14.5. The molecule has 1 amide bonds. The molecule has 0 fully saturated rings. The molecule has 0 unspecified atom stereocenters. The van der Waals surface area contributed by atoms with Crippen molar-refractivity contribution in [1.29, 1.82) is 0 Å². The van der Waals surface area contributed by atoms with Gasteiger partial charge in [0.05, 0.1) is 25.0 Å². The Morgan fingerprint density at radius 3 is 2.38 bits per heavy atom. The number of ether oxygens (including phenoxy) is 3. The van der Waals surface area contributed by atoms with E-state index in [9.17, 15) is 9.59 Å². The molecular weight excluding hydrogens is 645 g/mol. The topological polar surface area (TPSA) is 102 Å². The highest BCUT2D eigenvalue weighted by molar-refractivity contribution is 14.1. The second kappa shape index (κ2) is 13.3. The van der Waals surface area contributed by atoms with Crippen LogP contribution in [0.1, 0.15) is 40.3 Å². The predicted molar refractivity (Wildman–Crippen MR) is 172 cm³/mol. The van der Waals surface area contributed by atoms with Crippen molar-refractivity contribution in [3.63, 3.8) is 0 Å². The number of rotatable bonds is 10. The fraction of sp³-hybridized carbons (Fsp3) is 0.121. The van der Waals surface area contributed by atoms with Crippen molar-refractivity contribution in [2.75, 3.05) is 13.2 Å². The molecule has 5 rings (SSSR count). The van der Waals surface area contributed by atoms with Crippen molar-refractivity contribution in [2.45, 2.75) is 13.8 Å². The standard InChI is InChI=1S/C33H28IN3O5/c1-3-40-28-17-14-22(18-29(28)41-4-2)33(39)42-27-13-9-8-12-23(27)20-35-37-32(38)31-30(21-10-6-5-7-11-21)25-19-24(34)15-16-26(25)36-31/h5-20,36H,3-4H2,1-2H3,(H,37,38). The van der Waals surface area contributed by atoms with E-state index >= 15 is 0 Å². The fourth-order valence-corrected chi connectivity index (χ4v) is 4.96. The second-order valence-electron chi connectivity index (χ2n) is 9.08. The summed E-state index contributed by atoms with van der Waals surface area (Å²) in [5.74, 6) is 0.345. The molecule has 0 bridgehead atoms. The molecule has 0 atom stereocenters. The van der Waals surface area contributed by atoms with Gasteiger partial charge in [-0.15, -0.1) is 0 Å². The molecule has 9 heteroatoms. The first-order valence-electron chi connectivity index (χ1n) is 13.4. The van der Waals surface area contributed by atoms with Crippen molar-refractivity contribution < 1.29 is 23.8 Å².